The molecule has 0 aromatic rings. The number of rotatable bonds is 1. The highest BCUT2D eigenvalue weighted by atomic mass is 16.5. The van der Waals surface area contributed by atoms with E-state index in [1.165, 1.54) is 12.0 Å². The van der Waals surface area contributed by atoms with Crippen molar-refractivity contribution < 1.29 is 9.53 Å². The highest BCUT2D eigenvalue weighted by Gasteiger charge is 2.61. The molecule has 3 aliphatic rings. The van der Waals surface area contributed by atoms with E-state index in [9.17, 15) is 4.79 Å². The summed E-state index contributed by atoms with van der Waals surface area (Å²) in [5.41, 5.74) is 1.08. The molecule has 0 N–H and O–H groups in total. The number of nitrogens with zero attached hydrogens (tertiary/aromatic N) is 1. The minimum Gasteiger partial charge on any atom is -0.378 e. The van der Waals surface area contributed by atoms with Crippen LogP contribution in [0.15, 0.2) is 12.2 Å². The van der Waals surface area contributed by atoms with Crippen molar-refractivity contribution >= 4 is 5.91 Å². The van der Waals surface area contributed by atoms with E-state index in [-0.39, 0.29) is 10.8 Å². The minimum atomic E-state index is -0.245. The van der Waals surface area contributed by atoms with Crippen LogP contribution in [0.2, 0.25) is 0 Å². The number of hydrogen-bond acceptors (Lipinski definition) is 2. The quantitative estimate of drug-likeness (QED) is 0.667. The number of ether oxygens (including phenoxy) is 1. The molecule has 0 aromatic heterocycles. The van der Waals surface area contributed by atoms with E-state index in [1.807, 2.05) is 4.90 Å². The van der Waals surface area contributed by atoms with Gasteiger partial charge in [0.05, 0.1) is 18.6 Å². The lowest BCUT2D eigenvalue weighted by Gasteiger charge is -2.40. The summed E-state index contributed by atoms with van der Waals surface area (Å²) in [5.74, 6) is 0.971. The summed E-state index contributed by atoms with van der Waals surface area (Å²) in [6.07, 6.45) is 3.22. The van der Waals surface area contributed by atoms with Crippen LogP contribution in [-0.2, 0) is 9.53 Å². The topological polar surface area (TPSA) is 29.5 Å². The van der Waals surface area contributed by atoms with Gasteiger partial charge < -0.3 is 9.64 Å². The highest BCUT2D eigenvalue weighted by Crippen LogP contribution is 2.65. The van der Waals surface area contributed by atoms with Gasteiger partial charge in [-0.05, 0) is 30.6 Å². The van der Waals surface area contributed by atoms with Crippen LogP contribution in [0.1, 0.15) is 33.1 Å². The Morgan fingerprint density at radius 1 is 1.39 bits per heavy atom. The van der Waals surface area contributed by atoms with Crippen molar-refractivity contribution in [2.75, 3.05) is 26.3 Å². The van der Waals surface area contributed by atoms with Crippen LogP contribution in [0.5, 0.6) is 0 Å². The molecule has 1 heterocycles. The van der Waals surface area contributed by atoms with Gasteiger partial charge in [-0.25, -0.2) is 0 Å². The molecule has 2 saturated carbocycles. The van der Waals surface area contributed by atoms with Gasteiger partial charge in [0.25, 0.3) is 0 Å². The second kappa shape index (κ2) is 3.83. The van der Waals surface area contributed by atoms with E-state index >= 15 is 0 Å². The van der Waals surface area contributed by atoms with Gasteiger partial charge >= 0.3 is 0 Å². The Hall–Kier alpha value is -0.830. The zero-order valence-corrected chi connectivity index (χ0v) is 11.5. The SMILES string of the molecule is C=C1C(C)(C)[C@@H]2CC[C@@]1(C(=O)N1CCOCC1)C2. The molecular formula is C15H23NO2. The monoisotopic (exact) mass is 249 g/mol. The normalized spacial score (nSPS) is 38.2. The van der Waals surface area contributed by atoms with E-state index in [1.54, 1.807) is 0 Å². The molecule has 1 amide bonds. The molecule has 2 aliphatic carbocycles. The van der Waals surface area contributed by atoms with Gasteiger partial charge in [-0.3, -0.25) is 4.79 Å². The van der Waals surface area contributed by atoms with Gasteiger partial charge in [0.1, 0.15) is 0 Å². The first-order chi connectivity index (χ1) is 8.48. The number of carbonyl (C=O) groups excluding carboxylic acids is 1. The highest BCUT2D eigenvalue weighted by molar-refractivity contribution is 5.87. The van der Waals surface area contributed by atoms with Crippen LogP contribution in [0, 0.1) is 16.7 Å². The zero-order chi connectivity index (χ0) is 13.0. The summed E-state index contributed by atoms with van der Waals surface area (Å²) >= 11 is 0. The van der Waals surface area contributed by atoms with Gasteiger partial charge in [0.2, 0.25) is 5.91 Å². The molecule has 3 fully saturated rings. The molecule has 3 heteroatoms. The Labute approximate surface area is 109 Å². The Morgan fingerprint density at radius 2 is 2.06 bits per heavy atom. The van der Waals surface area contributed by atoms with Crippen LogP contribution < -0.4 is 0 Å². The Morgan fingerprint density at radius 3 is 2.61 bits per heavy atom. The Bertz CT molecular complexity index is 395. The lowest BCUT2D eigenvalue weighted by atomic mass is 9.68. The molecule has 0 aromatic carbocycles. The van der Waals surface area contributed by atoms with E-state index in [4.69, 9.17) is 4.74 Å². The van der Waals surface area contributed by atoms with Crippen molar-refractivity contribution in [2.45, 2.75) is 33.1 Å². The summed E-state index contributed by atoms with van der Waals surface area (Å²) in [6.45, 7) is 11.7. The summed E-state index contributed by atoms with van der Waals surface area (Å²) < 4.78 is 5.34. The number of amides is 1. The fourth-order valence-electron chi connectivity index (χ4n) is 4.19. The number of carbonyl (C=O) groups is 1. The van der Waals surface area contributed by atoms with Crippen molar-refractivity contribution in [3.8, 4) is 0 Å². The fourth-order valence-corrected chi connectivity index (χ4v) is 4.19. The zero-order valence-electron chi connectivity index (χ0n) is 11.5. The van der Waals surface area contributed by atoms with Crippen molar-refractivity contribution in [2.24, 2.45) is 16.7 Å². The molecule has 2 bridgehead atoms. The first-order valence-electron chi connectivity index (χ1n) is 7.05. The van der Waals surface area contributed by atoms with Gasteiger partial charge in [0.15, 0.2) is 0 Å². The van der Waals surface area contributed by atoms with Crippen LogP contribution in [0.3, 0.4) is 0 Å². The summed E-state index contributed by atoms with van der Waals surface area (Å²) in [4.78, 5) is 14.9. The lowest BCUT2D eigenvalue weighted by molar-refractivity contribution is -0.143. The molecule has 3 nitrogen and oxygen atoms in total. The average molecular weight is 249 g/mol. The third kappa shape index (κ3) is 1.43. The summed E-state index contributed by atoms with van der Waals surface area (Å²) in [7, 11) is 0. The second-order valence-electron chi connectivity index (χ2n) is 6.63. The van der Waals surface area contributed by atoms with Gasteiger partial charge in [-0.1, -0.05) is 26.0 Å². The van der Waals surface area contributed by atoms with E-state index in [0.29, 0.717) is 25.0 Å². The third-order valence-corrected chi connectivity index (χ3v) is 5.60. The van der Waals surface area contributed by atoms with Crippen molar-refractivity contribution in [1.82, 2.24) is 4.90 Å². The minimum absolute atomic E-state index is 0.139. The molecule has 1 saturated heterocycles. The van der Waals surface area contributed by atoms with Crippen LogP contribution in [0.25, 0.3) is 0 Å². The van der Waals surface area contributed by atoms with Crippen molar-refractivity contribution in [3.63, 3.8) is 0 Å². The van der Waals surface area contributed by atoms with Gasteiger partial charge in [-0.2, -0.15) is 0 Å². The van der Waals surface area contributed by atoms with Gasteiger partial charge in [0, 0.05) is 13.1 Å². The van der Waals surface area contributed by atoms with Crippen LogP contribution in [0.4, 0.5) is 0 Å². The van der Waals surface area contributed by atoms with Crippen LogP contribution in [-0.4, -0.2) is 37.1 Å². The molecule has 3 rings (SSSR count). The Balaban J connectivity index is 1.87. The van der Waals surface area contributed by atoms with Gasteiger partial charge in [-0.15, -0.1) is 0 Å². The second-order valence-corrected chi connectivity index (χ2v) is 6.63. The maximum atomic E-state index is 12.9. The first-order valence-corrected chi connectivity index (χ1v) is 7.05. The first kappa shape index (κ1) is 12.2. The molecular weight excluding hydrogens is 226 g/mol. The molecule has 100 valence electrons. The molecule has 0 radical (unpaired) electrons. The molecule has 2 atom stereocenters. The average Bonchev–Trinajstić information content (AvgIpc) is 2.90. The maximum absolute atomic E-state index is 12.9. The standard InChI is InChI=1S/C15H23NO2/c1-11-14(2,3)12-4-5-15(11,10-12)13(17)16-6-8-18-9-7-16/h12H,1,4-10H2,2-3H3/t12-,15-/m1/s1. The predicted molar refractivity (Wildman–Crippen MR) is 70.1 cm³/mol. The predicted octanol–water partition coefficient (Wildman–Crippen LogP) is 2.23. The van der Waals surface area contributed by atoms with E-state index in [0.717, 1.165) is 25.9 Å². The largest absolute Gasteiger partial charge is 0.378 e. The maximum Gasteiger partial charge on any atom is 0.233 e. The van der Waals surface area contributed by atoms with E-state index in [2.05, 4.69) is 20.4 Å². The van der Waals surface area contributed by atoms with Crippen molar-refractivity contribution in [3.05, 3.63) is 12.2 Å². The number of hydrogen-bond donors (Lipinski definition) is 0. The Kier molecular flexibility index (Phi) is 2.60. The van der Waals surface area contributed by atoms with Crippen LogP contribution >= 0.6 is 0 Å². The van der Waals surface area contributed by atoms with E-state index < -0.39 is 0 Å². The molecule has 0 unspecified atom stereocenters. The summed E-state index contributed by atoms with van der Waals surface area (Å²) in [5, 5.41) is 0. The summed E-state index contributed by atoms with van der Waals surface area (Å²) in [6, 6.07) is 0. The fraction of sp³-hybridized carbons (Fsp3) is 0.800. The molecule has 0 spiro atoms. The smallest absolute Gasteiger partial charge is 0.233 e. The molecule has 18 heavy (non-hydrogen) atoms. The molecule has 1 aliphatic heterocycles. The lowest BCUT2D eigenvalue weighted by Crippen LogP contribution is -2.48. The van der Waals surface area contributed by atoms with Crippen molar-refractivity contribution in [1.29, 1.82) is 0 Å². The number of fused-ring (bicyclic) bond motifs is 2. The third-order valence-electron chi connectivity index (χ3n) is 5.60. The number of morpholine rings is 1.